The third kappa shape index (κ3) is 3.46. The van der Waals surface area contributed by atoms with Crippen molar-refractivity contribution < 1.29 is 9.18 Å². The van der Waals surface area contributed by atoms with Crippen LogP contribution in [0.3, 0.4) is 0 Å². The van der Waals surface area contributed by atoms with E-state index >= 15 is 0 Å². The summed E-state index contributed by atoms with van der Waals surface area (Å²) < 4.78 is 14.5. The van der Waals surface area contributed by atoms with Gasteiger partial charge in [-0.25, -0.2) is 9.37 Å². The van der Waals surface area contributed by atoms with E-state index in [0.717, 1.165) is 36.6 Å². The molecule has 1 amide bonds. The van der Waals surface area contributed by atoms with E-state index in [1.807, 2.05) is 12.3 Å². The Morgan fingerprint density at radius 3 is 3.10 bits per heavy atom. The zero-order valence-electron chi connectivity index (χ0n) is 15.8. The van der Waals surface area contributed by atoms with Crippen molar-refractivity contribution in [1.82, 2.24) is 25.9 Å². The average molecular weight is 417 g/mol. The molecule has 1 aliphatic carbocycles. The molecule has 1 saturated carbocycles. The van der Waals surface area contributed by atoms with Crippen LogP contribution in [0.2, 0.25) is 5.02 Å². The van der Waals surface area contributed by atoms with Gasteiger partial charge >= 0.3 is 0 Å². The highest BCUT2D eigenvalue weighted by molar-refractivity contribution is 6.31. The Balaban J connectivity index is 1.33. The van der Waals surface area contributed by atoms with Crippen molar-refractivity contribution >= 4 is 34.8 Å². The molecule has 0 aromatic carbocycles. The van der Waals surface area contributed by atoms with Crippen molar-refractivity contribution in [2.75, 3.05) is 6.54 Å². The van der Waals surface area contributed by atoms with Crippen molar-refractivity contribution in [1.29, 1.82) is 0 Å². The lowest BCUT2D eigenvalue weighted by molar-refractivity contribution is -0.119. The molecule has 4 N–H and O–H groups in total. The monoisotopic (exact) mass is 416 g/mol. The summed E-state index contributed by atoms with van der Waals surface area (Å²) in [5, 5.41) is 10.8. The summed E-state index contributed by atoms with van der Waals surface area (Å²) in [5.74, 6) is 0.0387. The number of hydrogen-bond donors (Lipinski definition) is 4. The lowest BCUT2D eigenvalue weighted by Crippen LogP contribution is -2.44. The molecule has 1 saturated heterocycles. The molecule has 4 heterocycles. The maximum absolute atomic E-state index is 14.5. The quantitative estimate of drug-likeness (QED) is 0.618. The van der Waals surface area contributed by atoms with E-state index in [-0.39, 0.29) is 17.4 Å². The first-order valence-corrected chi connectivity index (χ1v) is 10.2. The van der Waals surface area contributed by atoms with Crippen LogP contribution >= 0.6 is 11.6 Å². The second-order valence-electron chi connectivity index (χ2n) is 8.23. The highest BCUT2D eigenvalue weighted by Gasteiger charge is 2.42. The van der Waals surface area contributed by atoms with Gasteiger partial charge in [0.15, 0.2) is 5.83 Å². The van der Waals surface area contributed by atoms with E-state index in [1.54, 1.807) is 6.20 Å². The second kappa shape index (κ2) is 7.02. The molecule has 9 heteroatoms. The summed E-state index contributed by atoms with van der Waals surface area (Å²) in [4.78, 5) is 23.4. The number of allylic oxidation sites excluding steroid dienone is 1. The van der Waals surface area contributed by atoms with Gasteiger partial charge < -0.3 is 20.9 Å². The fourth-order valence-electron chi connectivity index (χ4n) is 4.79. The Bertz CT molecular complexity index is 1030. The summed E-state index contributed by atoms with van der Waals surface area (Å²) in [5.41, 5.74) is 1.55. The van der Waals surface area contributed by atoms with E-state index in [0.29, 0.717) is 29.5 Å². The van der Waals surface area contributed by atoms with Gasteiger partial charge in [-0.1, -0.05) is 18.0 Å². The molecule has 29 heavy (non-hydrogen) atoms. The number of fused-ring (bicyclic) bond motifs is 1. The van der Waals surface area contributed by atoms with Crippen molar-refractivity contribution in [2.24, 2.45) is 10.4 Å². The van der Waals surface area contributed by atoms with Gasteiger partial charge in [-0.15, -0.1) is 0 Å². The summed E-state index contributed by atoms with van der Waals surface area (Å²) in [6.07, 6.45) is 8.61. The summed E-state index contributed by atoms with van der Waals surface area (Å²) >= 11 is 6.09. The van der Waals surface area contributed by atoms with E-state index in [1.165, 1.54) is 6.21 Å². The Hall–Kier alpha value is -2.61. The van der Waals surface area contributed by atoms with Crippen LogP contribution in [0, 0.1) is 5.41 Å². The van der Waals surface area contributed by atoms with Crippen LogP contribution < -0.4 is 16.0 Å². The highest BCUT2D eigenvalue weighted by Crippen LogP contribution is 2.41. The van der Waals surface area contributed by atoms with E-state index in [4.69, 9.17) is 11.6 Å². The van der Waals surface area contributed by atoms with Gasteiger partial charge in [-0.2, -0.15) is 0 Å². The number of amides is 1. The molecule has 2 unspecified atom stereocenters. The minimum Gasteiger partial charge on any atom is -0.367 e. The number of nitrogens with zero attached hydrogens (tertiary/aromatic N) is 2. The minimum atomic E-state index is -0.446. The number of nitrogens with one attached hydrogen (secondary N) is 4. The van der Waals surface area contributed by atoms with Crippen LogP contribution in [0.25, 0.3) is 11.0 Å². The lowest BCUT2D eigenvalue weighted by Gasteiger charge is -2.38. The normalized spacial score (nSPS) is 29.4. The third-order valence-corrected chi connectivity index (χ3v) is 6.37. The Morgan fingerprint density at radius 2 is 2.28 bits per heavy atom. The topological polar surface area (TPSA) is 94.2 Å². The molecule has 2 aromatic heterocycles. The molecule has 0 radical (unpaired) electrons. The number of aromatic nitrogens is 2. The summed E-state index contributed by atoms with van der Waals surface area (Å²) in [7, 11) is 0. The maximum Gasteiger partial charge on any atom is 0.220 e. The number of hydrogen-bond acceptors (Lipinski definition) is 5. The standard InChI is InChI=1S/C20H22ClFN6O/c21-11-4-13-14(8-24-17(13)23-7-11)18-25-9-15(22)19(28-18)27-12-2-1-3-20(5-12)6-16(29)26-10-20/h4,7-9,12,18,27-28H,1-3,5-6,10H2,(H,23,24)(H,26,29)/t12-,18?,20?/m0/s1. The van der Waals surface area contributed by atoms with Gasteiger partial charge in [0.2, 0.25) is 5.91 Å². The molecule has 0 bridgehead atoms. The van der Waals surface area contributed by atoms with Crippen molar-refractivity contribution in [3.63, 3.8) is 0 Å². The molecule has 2 aromatic rings. The molecular weight excluding hydrogens is 395 g/mol. The number of pyridine rings is 1. The molecule has 5 rings (SSSR count). The highest BCUT2D eigenvalue weighted by atomic mass is 35.5. The lowest BCUT2D eigenvalue weighted by atomic mass is 9.71. The number of carbonyl (C=O) groups is 1. The largest absolute Gasteiger partial charge is 0.367 e. The van der Waals surface area contributed by atoms with E-state index in [9.17, 15) is 9.18 Å². The van der Waals surface area contributed by atoms with Crippen molar-refractivity contribution in [3.05, 3.63) is 40.7 Å². The third-order valence-electron chi connectivity index (χ3n) is 6.16. The first-order valence-electron chi connectivity index (χ1n) is 9.87. The number of carbonyl (C=O) groups excluding carboxylic acids is 1. The number of rotatable bonds is 3. The van der Waals surface area contributed by atoms with Crippen LogP contribution in [0.4, 0.5) is 4.39 Å². The second-order valence-corrected chi connectivity index (χ2v) is 8.67. The first-order chi connectivity index (χ1) is 14.0. The van der Waals surface area contributed by atoms with Gasteiger partial charge in [0.05, 0.1) is 11.2 Å². The molecule has 7 nitrogen and oxygen atoms in total. The fraction of sp³-hybridized carbons (Fsp3) is 0.450. The minimum absolute atomic E-state index is 0.00848. The summed E-state index contributed by atoms with van der Waals surface area (Å²) in [6.45, 7) is 0.714. The van der Waals surface area contributed by atoms with Gasteiger partial charge in [-0.05, 0) is 30.7 Å². The van der Waals surface area contributed by atoms with Crippen LogP contribution in [0.15, 0.2) is 35.1 Å². The molecule has 3 aliphatic rings. The predicted octanol–water partition coefficient (Wildman–Crippen LogP) is 3.07. The van der Waals surface area contributed by atoms with Crippen LogP contribution in [-0.2, 0) is 4.79 Å². The first kappa shape index (κ1) is 18.4. The van der Waals surface area contributed by atoms with Crippen LogP contribution in [-0.4, -0.2) is 34.7 Å². The Morgan fingerprint density at radius 1 is 1.38 bits per heavy atom. The molecule has 1 spiro atoms. The maximum atomic E-state index is 14.5. The predicted molar refractivity (Wildman–Crippen MR) is 109 cm³/mol. The van der Waals surface area contributed by atoms with Gasteiger partial charge in [0.1, 0.15) is 17.6 Å². The van der Waals surface area contributed by atoms with Crippen LogP contribution in [0.5, 0.6) is 0 Å². The van der Waals surface area contributed by atoms with E-state index in [2.05, 4.69) is 30.9 Å². The SMILES string of the molecule is O=C1CC2(CCC[C@H](NC3=C(F)C=NC(c4c[nH]c5ncc(Cl)cc45)N3)C2)CN1. The fourth-order valence-corrected chi connectivity index (χ4v) is 4.95. The van der Waals surface area contributed by atoms with Crippen LogP contribution in [0.1, 0.15) is 43.8 Å². The molecular formula is C20H22ClFN6O. The average Bonchev–Trinajstić information content (AvgIpc) is 3.27. The van der Waals surface area contributed by atoms with E-state index < -0.39 is 12.0 Å². The Labute approximate surface area is 172 Å². The van der Waals surface area contributed by atoms with Gasteiger partial charge in [-0.3, -0.25) is 9.79 Å². The number of aromatic amines is 1. The zero-order valence-corrected chi connectivity index (χ0v) is 16.5. The Kier molecular flexibility index (Phi) is 4.46. The van der Waals surface area contributed by atoms with Crippen molar-refractivity contribution in [3.8, 4) is 0 Å². The zero-order chi connectivity index (χ0) is 20.0. The smallest absolute Gasteiger partial charge is 0.220 e. The van der Waals surface area contributed by atoms with Gasteiger partial charge in [0, 0.05) is 42.4 Å². The molecule has 152 valence electrons. The molecule has 2 aliphatic heterocycles. The molecule has 2 fully saturated rings. The number of aliphatic imine (C=N–C) groups is 1. The van der Waals surface area contributed by atoms with Crippen molar-refractivity contribution in [2.45, 2.75) is 44.3 Å². The summed E-state index contributed by atoms with van der Waals surface area (Å²) in [6, 6.07) is 1.93. The molecule has 3 atom stereocenters. The number of halogens is 2. The van der Waals surface area contributed by atoms with Gasteiger partial charge in [0.25, 0.3) is 0 Å². The number of H-pyrrole nitrogens is 1.